The highest BCUT2D eigenvalue weighted by Gasteiger charge is 2.07. The first-order valence-corrected chi connectivity index (χ1v) is 4.93. The maximum Gasteiger partial charge on any atom is 0.269 e. The van der Waals surface area contributed by atoms with Crippen molar-refractivity contribution in [1.82, 2.24) is 9.97 Å². The third-order valence-electron chi connectivity index (χ3n) is 1.88. The van der Waals surface area contributed by atoms with Crippen LogP contribution in [0.2, 0.25) is 5.15 Å². The van der Waals surface area contributed by atoms with Crippen LogP contribution < -0.4 is 4.74 Å². The average Bonchev–Trinajstić information content (AvgIpc) is 2.33. The first kappa shape index (κ1) is 11.3. The standard InChI is InChI=1S/C10H6ClN3O3/c11-9-10(13-6-5-12-9)17-8-3-1-7(2-4-8)14(15)16/h1-6H. The van der Waals surface area contributed by atoms with Gasteiger partial charge in [0.05, 0.1) is 4.92 Å². The predicted molar refractivity (Wildman–Crippen MR) is 60.2 cm³/mol. The van der Waals surface area contributed by atoms with Crippen molar-refractivity contribution in [3.8, 4) is 11.6 Å². The Balaban J connectivity index is 2.20. The summed E-state index contributed by atoms with van der Waals surface area (Å²) in [6, 6.07) is 5.59. The molecule has 1 aromatic heterocycles. The van der Waals surface area contributed by atoms with E-state index in [1.807, 2.05) is 0 Å². The van der Waals surface area contributed by atoms with Gasteiger partial charge in [-0.1, -0.05) is 11.6 Å². The van der Waals surface area contributed by atoms with Crippen molar-refractivity contribution in [2.75, 3.05) is 0 Å². The van der Waals surface area contributed by atoms with Crippen LogP contribution in [0.3, 0.4) is 0 Å². The monoisotopic (exact) mass is 251 g/mol. The molecule has 1 heterocycles. The zero-order valence-corrected chi connectivity index (χ0v) is 9.16. The number of hydrogen-bond acceptors (Lipinski definition) is 5. The van der Waals surface area contributed by atoms with Gasteiger partial charge in [-0.2, -0.15) is 0 Å². The first-order chi connectivity index (χ1) is 8.16. The van der Waals surface area contributed by atoms with Crippen LogP contribution in [0.5, 0.6) is 11.6 Å². The van der Waals surface area contributed by atoms with Crippen LogP contribution in [0.15, 0.2) is 36.7 Å². The lowest BCUT2D eigenvalue weighted by molar-refractivity contribution is -0.384. The number of ether oxygens (including phenoxy) is 1. The minimum Gasteiger partial charge on any atom is -0.436 e. The highest BCUT2D eigenvalue weighted by molar-refractivity contribution is 6.30. The molecule has 2 rings (SSSR count). The molecule has 0 N–H and O–H groups in total. The summed E-state index contributed by atoms with van der Waals surface area (Å²) in [5, 5.41) is 10.6. The fourth-order valence-corrected chi connectivity index (χ4v) is 1.27. The normalized spacial score (nSPS) is 9.94. The molecule has 1 aromatic carbocycles. The average molecular weight is 252 g/mol. The number of nitrogens with zero attached hydrogens (tertiary/aromatic N) is 3. The Morgan fingerprint density at radius 1 is 1.18 bits per heavy atom. The molecule has 0 bridgehead atoms. The number of rotatable bonds is 3. The van der Waals surface area contributed by atoms with Crippen LogP contribution in [-0.4, -0.2) is 14.9 Å². The Morgan fingerprint density at radius 3 is 2.41 bits per heavy atom. The lowest BCUT2D eigenvalue weighted by atomic mass is 10.3. The molecular formula is C10H6ClN3O3. The van der Waals surface area contributed by atoms with E-state index in [2.05, 4.69) is 9.97 Å². The molecular weight excluding hydrogens is 246 g/mol. The van der Waals surface area contributed by atoms with Crippen molar-refractivity contribution >= 4 is 17.3 Å². The van der Waals surface area contributed by atoms with Gasteiger partial charge in [-0.3, -0.25) is 10.1 Å². The molecule has 0 spiro atoms. The smallest absolute Gasteiger partial charge is 0.269 e. The van der Waals surface area contributed by atoms with Crippen molar-refractivity contribution in [3.63, 3.8) is 0 Å². The molecule has 7 heteroatoms. The number of halogens is 1. The third-order valence-corrected chi connectivity index (χ3v) is 2.14. The van der Waals surface area contributed by atoms with E-state index in [4.69, 9.17) is 16.3 Å². The largest absolute Gasteiger partial charge is 0.436 e. The van der Waals surface area contributed by atoms with Crippen LogP contribution in [0.4, 0.5) is 5.69 Å². The Morgan fingerprint density at radius 2 is 1.82 bits per heavy atom. The molecule has 0 saturated heterocycles. The van der Waals surface area contributed by atoms with Crippen molar-refractivity contribution in [1.29, 1.82) is 0 Å². The molecule has 2 aromatic rings. The van der Waals surface area contributed by atoms with Gasteiger partial charge in [-0.25, -0.2) is 9.97 Å². The van der Waals surface area contributed by atoms with Gasteiger partial charge in [0.2, 0.25) is 0 Å². The van der Waals surface area contributed by atoms with E-state index in [-0.39, 0.29) is 16.7 Å². The number of non-ortho nitro benzene ring substituents is 1. The van der Waals surface area contributed by atoms with E-state index in [1.54, 1.807) is 0 Å². The van der Waals surface area contributed by atoms with Gasteiger partial charge >= 0.3 is 0 Å². The summed E-state index contributed by atoms with van der Waals surface area (Å²) in [6.45, 7) is 0. The van der Waals surface area contributed by atoms with E-state index < -0.39 is 4.92 Å². The van der Waals surface area contributed by atoms with Gasteiger partial charge in [0, 0.05) is 24.5 Å². The predicted octanol–water partition coefficient (Wildman–Crippen LogP) is 2.83. The highest BCUT2D eigenvalue weighted by atomic mass is 35.5. The summed E-state index contributed by atoms with van der Waals surface area (Å²) in [5.74, 6) is 0.556. The van der Waals surface area contributed by atoms with Gasteiger partial charge in [-0.05, 0) is 12.1 Å². The number of nitro groups is 1. The van der Waals surface area contributed by atoms with Gasteiger partial charge in [0.1, 0.15) is 5.75 Å². The molecule has 0 aliphatic carbocycles. The second kappa shape index (κ2) is 4.75. The molecule has 86 valence electrons. The Bertz CT molecular complexity index is 545. The molecule has 0 atom stereocenters. The first-order valence-electron chi connectivity index (χ1n) is 4.55. The second-order valence-corrected chi connectivity index (χ2v) is 3.36. The molecule has 0 unspecified atom stereocenters. The van der Waals surface area contributed by atoms with Crippen LogP contribution in [0.25, 0.3) is 0 Å². The lowest BCUT2D eigenvalue weighted by Crippen LogP contribution is -1.91. The number of benzene rings is 1. The molecule has 0 aliphatic heterocycles. The minimum absolute atomic E-state index is 0.0115. The van der Waals surface area contributed by atoms with Crippen LogP contribution >= 0.6 is 11.6 Å². The van der Waals surface area contributed by atoms with Crippen molar-refractivity contribution in [2.45, 2.75) is 0 Å². The van der Waals surface area contributed by atoms with Gasteiger partial charge in [-0.15, -0.1) is 0 Å². The number of aromatic nitrogens is 2. The van der Waals surface area contributed by atoms with E-state index in [1.165, 1.54) is 36.7 Å². The molecule has 0 aliphatic rings. The fourth-order valence-electron chi connectivity index (χ4n) is 1.12. The molecule has 0 amide bonds. The van der Waals surface area contributed by atoms with E-state index >= 15 is 0 Å². The van der Waals surface area contributed by atoms with Gasteiger partial charge in [0.15, 0.2) is 5.15 Å². The third kappa shape index (κ3) is 2.67. The van der Waals surface area contributed by atoms with Crippen molar-refractivity contribution in [2.24, 2.45) is 0 Å². The molecule has 0 saturated carbocycles. The maximum absolute atomic E-state index is 10.4. The maximum atomic E-state index is 10.4. The summed E-state index contributed by atoms with van der Waals surface area (Å²) >= 11 is 5.75. The lowest BCUT2D eigenvalue weighted by Gasteiger charge is -2.04. The molecule has 17 heavy (non-hydrogen) atoms. The zero-order chi connectivity index (χ0) is 12.3. The number of nitro benzene ring substituents is 1. The topological polar surface area (TPSA) is 78.2 Å². The second-order valence-electron chi connectivity index (χ2n) is 3.01. The zero-order valence-electron chi connectivity index (χ0n) is 8.41. The van der Waals surface area contributed by atoms with Crippen LogP contribution in [0.1, 0.15) is 0 Å². The SMILES string of the molecule is O=[N+]([O-])c1ccc(Oc2nccnc2Cl)cc1. The highest BCUT2D eigenvalue weighted by Crippen LogP contribution is 2.25. The molecule has 0 fully saturated rings. The summed E-state index contributed by atoms with van der Waals surface area (Å²) < 4.78 is 5.32. The van der Waals surface area contributed by atoms with Crippen molar-refractivity contribution < 1.29 is 9.66 Å². The summed E-state index contributed by atoms with van der Waals surface area (Å²) in [6.07, 6.45) is 2.87. The minimum atomic E-state index is -0.487. The number of hydrogen-bond donors (Lipinski definition) is 0. The van der Waals surface area contributed by atoms with E-state index in [9.17, 15) is 10.1 Å². The fraction of sp³-hybridized carbons (Fsp3) is 0. The van der Waals surface area contributed by atoms with Gasteiger partial charge in [0.25, 0.3) is 11.6 Å². The molecule has 0 radical (unpaired) electrons. The van der Waals surface area contributed by atoms with Crippen molar-refractivity contribution in [3.05, 3.63) is 51.9 Å². The van der Waals surface area contributed by atoms with Crippen LogP contribution in [-0.2, 0) is 0 Å². The van der Waals surface area contributed by atoms with Gasteiger partial charge < -0.3 is 4.74 Å². The Kier molecular flexibility index (Phi) is 3.15. The Labute approximate surface area is 101 Å². The summed E-state index contributed by atoms with van der Waals surface area (Å²) in [7, 11) is 0. The molecule has 6 nitrogen and oxygen atoms in total. The summed E-state index contributed by atoms with van der Waals surface area (Å²) in [4.78, 5) is 17.6. The quantitative estimate of drug-likeness (QED) is 0.619. The van der Waals surface area contributed by atoms with E-state index in [0.717, 1.165) is 0 Å². The summed E-state index contributed by atoms with van der Waals surface area (Å²) in [5.41, 5.74) is -0.0115. The van der Waals surface area contributed by atoms with E-state index in [0.29, 0.717) is 5.75 Å². The Hall–Kier alpha value is -2.21. The van der Waals surface area contributed by atoms with Crippen LogP contribution in [0, 0.1) is 10.1 Å².